The fraction of sp³-hybridized carbons (Fsp3) is 0.444. The van der Waals surface area contributed by atoms with Crippen LogP contribution in [0.25, 0.3) is 5.65 Å². The van der Waals surface area contributed by atoms with Crippen LogP contribution in [0.4, 0.5) is 0 Å². The van der Waals surface area contributed by atoms with Crippen LogP contribution in [-0.4, -0.2) is 33.3 Å². The number of rotatable bonds is 1. The van der Waals surface area contributed by atoms with Gasteiger partial charge in [-0.25, -0.2) is 4.98 Å². The van der Waals surface area contributed by atoms with Crippen LogP contribution in [-0.2, 0) is 0 Å². The molecule has 4 nitrogen and oxygen atoms in total. The molecule has 0 N–H and O–H groups in total. The van der Waals surface area contributed by atoms with E-state index in [2.05, 4.69) is 17.1 Å². The van der Waals surface area contributed by atoms with Crippen LogP contribution in [0.15, 0.2) is 30.5 Å². The normalized spacial score (nSPS) is 24.0. The number of amides is 1. The number of carbonyl (C=O) groups is 1. The lowest BCUT2D eigenvalue weighted by Gasteiger charge is -2.17. The fourth-order valence-corrected chi connectivity index (χ4v) is 3.85. The third-order valence-electron chi connectivity index (χ3n) is 5.07. The maximum absolute atomic E-state index is 13.0. The molecule has 4 rings (SSSR count). The first-order chi connectivity index (χ1) is 10.6. The van der Waals surface area contributed by atoms with E-state index < -0.39 is 0 Å². The van der Waals surface area contributed by atoms with Gasteiger partial charge in [-0.2, -0.15) is 0 Å². The minimum absolute atomic E-state index is 0.128. The predicted molar refractivity (Wildman–Crippen MR) is 85.9 cm³/mol. The number of allylic oxidation sites excluding steroid dienone is 2. The topological polar surface area (TPSA) is 37.6 Å². The van der Waals surface area contributed by atoms with Gasteiger partial charge in [-0.3, -0.25) is 9.20 Å². The van der Waals surface area contributed by atoms with Crippen molar-refractivity contribution in [2.45, 2.75) is 26.7 Å². The Kier molecular flexibility index (Phi) is 3.06. The average Bonchev–Trinajstić information content (AvgIpc) is 3.06. The molecule has 2 aromatic rings. The molecule has 0 saturated carbocycles. The van der Waals surface area contributed by atoms with E-state index in [9.17, 15) is 4.79 Å². The Morgan fingerprint density at radius 3 is 2.55 bits per heavy atom. The summed E-state index contributed by atoms with van der Waals surface area (Å²) in [7, 11) is 0. The Morgan fingerprint density at radius 2 is 1.86 bits per heavy atom. The number of aromatic nitrogens is 2. The minimum Gasteiger partial charge on any atom is -0.337 e. The van der Waals surface area contributed by atoms with Gasteiger partial charge in [-0.1, -0.05) is 12.2 Å². The molecule has 1 aliphatic carbocycles. The zero-order valence-electron chi connectivity index (χ0n) is 13.1. The number of nitrogens with zero attached hydrogens (tertiary/aromatic N) is 3. The number of imidazole rings is 1. The first-order valence-electron chi connectivity index (χ1n) is 8.03. The van der Waals surface area contributed by atoms with Gasteiger partial charge in [0.2, 0.25) is 0 Å². The summed E-state index contributed by atoms with van der Waals surface area (Å²) in [4.78, 5) is 19.6. The Balaban J connectivity index is 1.67. The largest absolute Gasteiger partial charge is 0.337 e. The highest BCUT2D eigenvalue weighted by Crippen LogP contribution is 2.33. The summed E-state index contributed by atoms with van der Waals surface area (Å²) in [5.41, 5.74) is 3.57. The lowest BCUT2D eigenvalue weighted by Crippen LogP contribution is -2.30. The second-order valence-electron chi connectivity index (χ2n) is 6.65. The summed E-state index contributed by atoms with van der Waals surface area (Å²) < 4.78 is 1.94. The van der Waals surface area contributed by atoms with Crippen LogP contribution in [0, 0.1) is 25.7 Å². The van der Waals surface area contributed by atoms with Crippen molar-refractivity contribution in [1.82, 2.24) is 14.3 Å². The van der Waals surface area contributed by atoms with Crippen molar-refractivity contribution < 1.29 is 4.79 Å². The number of hydrogen-bond acceptors (Lipinski definition) is 2. The standard InChI is InChI=1S/C18H21N3O/c1-12-7-8-21-16(9-12)19-13(2)17(21)18(22)20-10-14-5-3-4-6-15(14)11-20/h3-4,7-9,14-15H,5-6,10-11H2,1-2H3/t14-,15+. The van der Waals surface area contributed by atoms with Gasteiger partial charge in [0, 0.05) is 19.3 Å². The SMILES string of the molecule is Cc1ccn2c(C(=O)N3C[C@H]4CC=CC[C@H]4C3)c(C)nc2c1. The van der Waals surface area contributed by atoms with Crippen LogP contribution in [0.2, 0.25) is 0 Å². The van der Waals surface area contributed by atoms with Crippen LogP contribution in [0.1, 0.15) is 34.6 Å². The monoisotopic (exact) mass is 295 g/mol. The summed E-state index contributed by atoms with van der Waals surface area (Å²) in [6, 6.07) is 4.05. The van der Waals surface area contributed by atoms with Crippen molar-refractivity contribution in [2.75, 3.05) is 13.1 Å². The molecule has 0 bridgehead atoms. The van der Waals surface area contributed by atoms with Gasteiger partial charge in [0.25, 0.3) is 5.91 Å². The Bertz CT molecular complexity index is 758. The molecular weight excluding hydrogens is 274 g/mol. The second-order valence-corrected chi connectivity index (χ2v) is 6.65. The van der Waals surface area contributed by atoms with Gasteiger partial charge in [-0.15, -0.1) is 0 Å². The zero-order valence-corrected chi connectivity index (χ0v) is 13.1. The summed E-state index contributed by atoms with van der Waals surface area (Å²) in [6.45, 7) is 5.74. The molecule has 0 spiro atoms. The molecular formula is C18H21N3O. The number of hydrogen-bond donors (Lipinski definition) is 0. The van der Waals surface area contributed by atoms with Crippen LogP contribution < -0.4 is 0 Å². The van der Waals surface area contributed by atoms with Gasteiger partial charge in [0.15, 0.2) is 0 Å². The average molecular weight is 295 g/mol. The van der Waals surface area contributed by atoms with Gasteiger partial charge in [0.05, 0.1) is 5.69 Å². The molecule has 0 radical (unpaired) electrons. The highest BCUT2D eigenvalue weighted by atomic mass is 16.2. The second kappa shape index (κ2) is 4.97. The number of aryl methyl sites for hydroxylation is 2. The lowest BCUT2D eigenvalue weighted by molar-refractivity contribution is 0.0776. The lowest BCUT2D eigenvalue weighted by atomic mass is 9.86. The molecule has 2 atom stereocenters. The van der Waals surface area contributed by atoms with Gasteiger partial charge >= 0.3 is 0 Å². The summed E-state index contributed by atoms with van der Waals surface area (Å²) in [5, 5.41) is 0. The van der Waals surface area contributed by atoms with Crippen molar-refractivity contribution in [3.8, 4) is 0 Å². The van der Waals surface area contributed by atoms with Crippen LogP contribution >= 0.6 is 0 Å². The molecule has 2 aliphatic rings. The van der Waals surface area contributed by atoms with E-state index >= 15 is 0 Å². The van der Waals surface area contributed by atoms with Crippen LogP contribution in [0.5, 0.6) is 0 Å². The Labute approximate surface area is 130 Å². The van der Waals surface area contributed by atoms with E-state index in [0.717, 1.165) is 48.5 Å². The molecule has 2 aromatic heterocycles. The third-order valence-corrected chi connectivity index (χ3v) is 5.07. The Morgan fingerprint density at radius 1 is 1.18 bits per heavy atom. The van der Waals surface area contributed by atoms with E-state index in [1.807, 2.05) is 41.5 Å². The number of pyridine rings is 1. The highest BCUT2D eigenvalue weighted by molar-refractivity contribution is 5.95. The molecule has 114 valence electrons. The number of carbonyl (C=O) groups excluding carboxylic acids is 1. The number of likely N-dealkylation sites (tertiary alicyclic amines) is 1. The zero-order chi connectivity index (χ0) is 15.3. The van der Waals surface area contributed by atoms with Gasteiger partial charge < -0.3 is 4.90 Å². The molecule has 1 amide bonds. The van der Waals surface area contributed by atoms with E-state index in [0.29, 0.717) is 11.8 Å². The first-order valence-corrected chi connectivity index (χ1v) is 8.03. The molecule has 4 heteroatoms. The molecule has 0 unspecified atom stereocenters. The highest BCUT2D eigenvalue weighted by Gasteiger charge is 2.36. The first kappa shape index (κ1) is 13.6. The quantitative estimate of drug-likeness (QED) is 0.759. The molecule has 0 aromatic carbocycles. The summed E-state index contributed by atoms with van der Waals surface area (Å²) >= 11 is 0. The summed E-state index contributed by atoms with van der Waals surface area (Å²) in [6.07, 6.45) is 8.71. The van der Waals surface area contributed by atoms with E-state index in [1.54, 1.807) is 0 Å². The van der Waals surface area contributed by atoms with E-state index in [1.165, 1.54) is 0 Å². The smallest absolute Gasteiger partial charge is 0.272 e. The summed E-state index contributed by atoms with van der Waals surface area (Å²) in [5.74, 6) is 1.40. The van der Waals surface area contributed by atoms with Gasteiger partial charge in [-0.05, 0) is 56.2 Å². The molecule has 1 saturated heterocycles. The number of fused-ring (bicyclic) bond motifs is 2. The van der Waals surface area contributed by atoms with Crippen molar-refractivity contribution in [2.24, 2.45) is 11.8 Å². The van der Waals surface area contributed by atoms with Crippen molar-refractivity contribution in [1.29, 1.82) is 0 Å². The fourth-order valence-electron chi connectivity index (χ4n) is 3.85. The van der Waals surface area contributed by atoms with Gasteiger partial charge in [0.1, 0.15) is 11.3 Å². The molecule has 22 heavy (non-hydrogen) atoms. The van der Waals surface area contributed by atoms with E-state index in [4.69, 9.17) is 0 Å². The van der Waals surface area contributed by atoms with E-state index in [-0.39, 0.29) is 5.91 Å². The Hall–Kier alpha value is -2.10. The molecule has 3 heterocycles. The maximum Gasteiger partial charge on any atom is 0.272 e. The predicted octanol–water partition coefficient (Wildman–Crippen LogP) is 2.99. The van der Waals surface area contributed by atoms with Crippen molar-refractivity contribution in [3.05, 3.63) is 47.4 Å². The molecule has 1 fully saturated rings. The van der Waals surface area contributed by atoms with Crippen molar-refractivity contribution >= 4 is 11.6 Å². The maximum atomic E-state index is 13.0. The van der Waals surface area contributed by atoms with Crippen molar-refractivity contribution in [3.63, 3.8) is 0 Å². The minimum atomic E-state index is 0.128. The van der Waals surface area contributed by atoms with Crippen LogP contribution in [0.3, 0.4) is 0 Å². The third kappa shape index (κ3) is 2.05. The molecule has 1 aliphatic heterocycles.